The van der Waals surface area contributed by atoms with E-state index in [4.69, 9.17) is 5.73 Å². The molecule has 86 valence electrons. The van der Waals surface area contributed by atoms with E-state index < -0.39 is 0 Å². The molecule has 1 aromatic heterocycles. The number of rotatable bonds is 2. The van der Waals surface area contributed by atoms with Crippen molar-refractivity contribution in [2.45, 2.75) is 19.9 Å². The van der Waals surface area contributed by atoms with Gasteiger partial charge in [-0.1, -0.05) is 29.8 Å². The number of benzene rings is 1. The number of thiazole rings is 1. The molecule has 0 radical (unpaired) electrons. The Labute approximate surface area is 106 Å². The summed E-state index contributed by atoms with van der Waals surface area (Å²) in [6, 6.07) is 8.40. The molecule has 0 fully saturated rings. The van der Waals surface area contributed by atoms with Crippen molar-refractivity contribution in [3.05, 3.63) is 40.2 Å². The van der Waals surface area contributed by atoms with E-state index in [9.17, 15) is 0 Å². The summed E-state index contributed by atoms with van der Waals surface area (Å²) in [5, 5.41) is 3.05. The lowest BCUT2D eigenvalue weighted by atomic mass is 10.1. The van der Waals surface area contributed by atoms with Crippen LogP contribution in [0.25, 0.3) is 11.3 Å². The lowest BCUT2D eigenvalue weighted by Crippen LogP contribution is -2.03. The molecule has 4 heteroatoms. The maximum atomic E-state index is 5.78. The summed E-state index contributed by atoms with van der Waals surface area (Å²) in [4.78, 5) is 4.50. The average Bonchev–Trinajstić information content (AvgIpc) is 2.68. The summed E-state index contributed by atoms with van der Waals surface area (Å²) in [5.74, 6) is 0. The molecule has 16 heavy (non-hydrogen) atoms. The summed E-state index contributed by atoms with van der Waals surface area (Å²) in [7, 11) is 0. The van der Waals surface area contributed by atoms with E-state index in [0.717, 1.165) is 16.3 Å². The summed E-state index contributed by atoms with van der Waals surface area (Å²) >= 11 is 1.62. The standard InChI is InChI=1S/C12H14N2S.ClH/c1-8-3-5-10(6-4-8)11-7-15-12(14-11)9(2)13;/h3-7,9H,13H2,1-2H3;1H. The summed E-state index contributed by atoms with van der Waals surface area (Å²) in [6.45, 7) is 4.04. The first-order chi connectivity index (χ1) is 7.16. The molecule has 2 nitrogen and oxygen atoms in total. The van der Waals surface area contributed by atoms with Crippen LogP contribution in [0.2, 0.25) is 0 Å². The molecule has 0 saturated heterocycles. The quantitative estimate of drug-likeness (QED) is 0.890. The molecule has 0 bridgehead atoms. The zero-order chi connectivity index (χ0) is 10.8. The lowest BCUT2D eigenvalue weighted by molar-refractivity contribution is 0.808. The highest BCUT2D eigenvalue weighted by Gasteiger charge is 2.07. The number of hydrogen-bond donors (Lipinski definition) is 1. The summed E-state index contributed by atoms with van der Waals surface area (Å²) in [5.41, 5.74) is 9.22. The first-order valence-electron chi connectivity index (χ1n) is 4.95. The van der Waals surface area contributed by atoms with Crippen LogP contribution in [-0.4, -0.2) is 4.98 Å². The van der Waals surface area contributed by atoms with Gasteiger partial charge in [0.15, 0.2) is 0 Å². The predicted octanol–water partition coefficient (Wildman–Crippen LogP) is 3.56. The Bertz CT molecular complexity index is 448. The van der Waals surface area contributed by atoms with Gasteiger partial charge in [-0.25, -0.2) is 4.98 Å². The number of aryl methyl sites for hydroxylation is 1. The molecule has 1 atom stereocenters. The van der Waals surface area contributed by atoms with Gasteiger partial charge in [-0.2, -0.15) is 0 Å². The van der Waals surface area contributed by atoms with E-state index in [2.05, 4.69) is 41.6 Å². The number of nitrogens with two attached hydrogens (primary N) is 1. The first-order valence-corrected chi connectivity index (χ1v) is 5.83. The Morgan fingerprint density at radius 2 is 1.88 bits per heavy atom. The van der Waals surface area contributed by atoms with E-state index in [1.54, 1.807) is 11.3 Å². The zero-order valence-corrected chi connectivity index (χ0v) is 10.9. The van der Waals surface area contributed by atoms with Crippen LogP contribution in [-0.2, 0) is 0 Å². The molecule has 0 aliphatic heterocycles. The predicted molar refractivity (Wildman–Crippen MR) is 72.1 cm³/mol. The fourth-order valence-electron chi connectivity index (χ4n) is 1.35. The molecule has 2 aromatic rings. The second-order valence-electron chi connectivity index (χ2n) is 3.73. The van der Waals surface area contributed by atoms with E-state index in [1.807, 2.05) is 6.92 Å². The molecule has 2 rings (SSSR count). The Morgan fingerprint density at radius 3 is 2.38 bits per heavy atom. The van der Waals surface area contributed by atoms with Crippen molar-refractivity contribution in [2.24, 2.45) is 5.73 Å². The Morgan fingerprint density at radius 1 is 1.25 bits per heavy atom. The minimum atomic E-state index is 0. The van der Waals surface area contributed by atoms with Gasteiger partial charge < -0.3 is 5.73 Å². The zero-order valence-electron chi connectivity index (χ0n) is 9.31. The van der Waals surface area contributed by atoms with Crippen LogP contribution in [0.15, 0.2) is 29.6 Å². The highest BCUT2D eigenvalue weighted by Crippen LogP contribution is 2.24. The highest BCUT2D eigenvalue weighted by molar-refractivity contribution is 7.10. The van der Waals surface area contributed by atoms with Gasteiger partial charge in [0.25, 0.3) is 0 Å². The first kappa shape index (κ1) is 13.2. The van der Waals surface area contributed by atoms with Gasteiger partial charge in [-0.05, 0) is 13.8 Å². The molecule has 0 aliphatic rings. The molecule has 1 unspecified atom stereocenters. The van der Waals surface area contributed by atoms with Crippen molar-refractivity contribution in [3.8, 4) is 11.3 Å². The molecule has 0 spiro atoms. The van der Waals surface area contributed by atoms with Crippen molar-refractivity contribution in [1.29, 1.82) is 0 Å². The Balaban J connectivity index is 0.00000128. The fraction of sp³-hybridized carbons (Fsp3) is 0.250. The second kappa shape index (κ2) is 5.43. The molecule has 0 amide bonds. The number of nitrogens with zero attached hydrogens (tertiary/aromatic N) is 1. The normalized spacial score (nSPS) is 11.9. The lowest BCUT2D eigenvalue weighted by Gasteiger charge is -1.99. The van der Waals surface area contributed by atoms with Crippen LogP contribution in [0.4, 0.5) is 0 Å². The van der Waals surface area contributed by atoms with Crippen LogP contribution >= 0.6 is 23.7 Å². The van der Waals surface area contributed by atoms with Gasteiger partial charge >= 0.3 is 0 Å². The third-order valence-electron chi connectivity index (χ3n) is 2.26. The van der Waals surface area contributed by atoms with Crippen molar-refractivity contribution in [2.75, 3.05) is 0 Å². The maximum absolute atomic E-state index is 5.78. The van der Waals surface area contributed by atoms with E-state index >= 15 is 0 Å². The van der Waals surface area contributed by atoms with Crippen LogP contribution < -0.4 is 5.73 Å². The third-order valence-corrected chi connectivity index (χ3v) is 3.30. The van der Waals surface area contributed by atoms with E-state index in [-0.39, 0.29) is 18.4 Å². The van der Waals surface area contributed by atoms with Crippen molar-refractivity contribution in [1.82, 2.24) is 4.98 Å². The number of aromatic nitrogens is 1. The topological polar surface area (TPSA) is 38.9 Å². The van der Waals surface area contributed by atoms with Crippen LogP contribution in [0.3, 0.4) is 0 Å². The van der Waals surface area contributed by atoms with E-state index in [1.165, 1.54) is 5.56 Å². The van der Waals surface area contributed by atoms with Gasteiger partial charge in [0.05, 0.1) is 11.7 Å². The van der Waals surface area contributed by atoms with Crippen molar-refractivity contribution in [3.63, 3.8) is 0 Å². The van der Waals surface area contributed by atoms with Crippen LogP contribution in [0.5, 0.6) is 0 Å². The molecule has 2 N–H and O–H groups in total. The number of hydrogen-bond acceptors (Lipinski definition) is 3. The SMILES string of the molecule is Cc1ccc(-c2csc(C(C)N)n2)cc1.Cl. The third kappa shape index (κ3) is 2.82. The van der Waals surface area contributed by atoms with Gasteiger partial charge in [0.1, 0.15) is 5.01 Å². The smallest absolute Gasteiger partial charge is 0.110 e. The van der Waals surface area contributed by atoms with E-state index in [0.29, 0.717) is 0 Å². The monoisotopic (exact) mass is 254 g/mol. The average molecular weight is 255 g/mol. The molecule has 1 heterocycles. The molecule has 1 aromatic carbocycles. The highest BCUT2D eigenvalue weighted by atomic mass is 35.5. The fourth-order valence-corrected chi connectivity index (χ4v) is 2.14. The Kier molecular flexibility index (Phi) is 4.47. The second-order valence-corrected chi connectivity index (χ2v) is 4.62. The molecule has 0 saturated carbocycles. The molecular weight excluding hydrogens is 240 g/mol. The molecule has 0 aliphatic carbocycles. The van der Waals surface area contributed by atoms with Crippen LogP contribution in [0.1, 0.15) is 23.5 Å². The minimum absolute atomic E-state index is 0. The minimum Gasteiger partial charge on any atom is -0.322 e. The number of halogens is 1. The van der Waals surface area contributed by atoms with Gasteiger partial charge in [0.2, 0.25) is 0 Å². The van der Waals surface area contributed by atoms with Crippen LogP contribution in [0, 0.1) is 6.92 Å². The maximum Gasteiger partial charge on any atom is 0.110 e. The van der Waals surface area contributed by atoms with Gasteiger partial charge in [-0.3, -0.25) is 0 Å². The van der Waals surface area contributed by atoms with Crippen molar-refractivity contribution < 1.29 is 0 Å². The Hall–Kier alpha value is -0.900. The summed E-state index contributed by atoms with van der Waals surface area (Å²) in [6.07, 6.45) is 0. The van der Waals surface area contributed by atoms with Crippen molar-refractivity contribution >= 4 is 23.7 Å². The molecular formula is C12H15ClN2S. The van der Waals surface area contributed by atoms with Gasteiger partial charge in [0, 0.05) is 10.9 Å². The largest absolute Gasteiger partial charge is 0.322 e. The summed E-state index contributed by atoms with van der Waals surface area (Å²) < 4.78 is 0. The van der Waals surface area contributed by atoms with Gasteiger partial charge in [-0.15, -0.1) is 23.7 Å².